The zero-order chi connectivity index (χ0) is 13.7. The highest BCUT2D eigenvalue weighted by Crippen LogP contribution is 2.34. The molecule has 0 aromatic heterocycles. The Bertz CT molecular complexity index is 301. The number of hydrogen-bond acceptors (Lipinski definition) is 3. The topological polar surface area (TPSA) is 92.4 Å². The van der Waals surface area contributed by atoms with Gasteiger partial charge in [0.25, 0.3) is 0 Å². The van der Waals surface area contributed by atoms with Gasteiger partial charge in [-0.1, -0.05) is 13.8 Å². The predicted molar refractivity (Wildman–Crippen MR) is 68.9 cm³/mol. The first kappa shape index (κ1) is 15.0. The summed E-state index contributed by atoms with van der Waals surface area (Å²) >= 11 is 0. The van der Waals surface area contributed by atoms with Gasteiger partial charge < -0.3 is 16.2 Å². The van der Waals surface area contributed by atoms with Gasteiger partial charge in [0.1, 0.15) is 0 Å². The molecule has 2 atom stereocenters. The van der Waals surface area contributed by atoms with Crippen molar-refractivity contribution < 1.29 is 14.7 Å². The highest BCUT2D eigenvalue weighted by Gasteiger charge is 2.34. The van der Waals surface area contributed by atoms with Crippen molar-refractivity contribution >= 4 is 11.9 Å². The Morgan fingerprint density at radius 3 is 2.39 bits per heavy atom. The number of hydrogen-bond donors (Lipinski definition) is 3. The SMILES string of the molecule is CC(C)CC(CN)C(=O)NC(CC(=O)O)C1CC1. The zero-order valence-electron chi connectivity index (χ0n) is 11.2. The number of aliphatic carboxylic acids is 1. The van der Waals surface area contributed by atoms with Crippen LogP contribution in [0.15, 0.2) is 0 Å². The number of amides is 1. The van der Waals surface area contributed by atoms with Gasteiger partial charge in [-0.2, -0.15) is 0 Å². The van der Waals surface area contributed by atoms with Crippen LogP contribution in [0.4, 0.5) is 0 Å². The van der Waals surface area contributed by atoms with E-state index in [1.165, 1.54) is 0 Å². The van der Waals surface area contributed by atoms with Crippen molar-refractivity contribution in [2.45, 2.75) is 45.6 Å². The Morgan fingerprint density at radius 1 is 1.39 bits per heavy atom. The summed E-state index contributed by atoms with van der Waals surface area (Å²) in [6.07, 6.45) is 2.77. The summed E-state index contributed by atoms with van der Waals surface area (Å²) in [6, 6.07) is -0.226. The first-order chi connectivity index (χ1) is 8.43. The number of nitrogens with two attached hydrogens (primary N) is 1. The van der Waals surface area contributed by atoms with Gasteiger partial charge in [-0.05, 0) is 31.1 Å². The van der Waals surface area contributed by atoms with Crippen molar-refractivity contribution in [3.63, 3.8) is 0 Å². The van der Waals surface area contributed by atoms with Gasteiger partial charge in [0.05, 0.1) is 12.3 Å². The normalized spacial score (nSPS) is 18.4. The largest absolute Gasteiger partial charge is 0.481 e. The third-order valence-corrected chi connectivity index (χ3v) is 3.32. The molecule has 18 heavy (non-hydrogen) atoms. The van der Waals surface area contributed by atoms with Gasteiger partial charge >= 0.3 is 5.97 Å². The van der Waals surface area contributed by atoms with E-state index in [0.29, 0.717) is 18.4 Å². The van der Waals surface area contributed by atoms with Crippen molar-refractivity contribution in [3.05, 3.63) is 0 Å². The van der Waals surface area contributed by atoms with Crippen molar-refractivity contribution in [1.29, 1.82) is 0 Å². The molecule has 4 N–H and O–H groups in total. The molecule has 0 radical (unpaired) electrons. The van der Waals surface area contributed by atoms with Crippen LogP contribution >= 0.6 is 0 Å². The van der Waals surface area contributed by atoms with Crippen LogP contribution < -0.4 is 11.1 Å². The maximum atomic E-state index is 12.0. The molecule has 1 aliphatic rings. The van der Waals surface area contributed by atoms with E-state index < -0.39 is 5.97 Å². The van der Waals surface area contributed by atoms with Gasteiger partial charge in [-0.3, -0.25) is 9.59 Å². The number of carboxylic acids is 1. The van der Waals surface area contributed by atoms with Gasteiger partial charge in [0, 0.05) is 12.6 Å². The lowest BCUT2D eigenvalue weighted by molar-refractivity contribution is -0.138. The lowest BCUT2D eigenvalue weighted by atomic mass is 9.95. The molecule has 0 spiro atoms. The van der Waals surface area contributed by atoms with E-state index in [1.807, 2.05) is 13.8 Å². The summed E-state index contributed by atoms with van der Waals surface area (Å²) in [6.45, 7) is 4.41. The third-order valence-electron chi connectivity index (χ3n) is 3.32. The summed E-state index contributed by atoms with van der Waals surface area (Å²) < 4.78 is 0. The number of carbonyl (C=O) groups is 2. The molecule has 104 valence electrons. The molecule has 0 aromatic rings. The van der Waals surface area contributed by atoms with E-state index in [2.05, 4.69) is 5.32 Å². The fraction of sp³-hybridized carbons (Fsp3) is 0.846. The quantitative estimate of drug-likeness (QED) is 0.603. The Balaban J connectivity index is 2.50. The minimum absolute atomic E-state index is 0.00930. The first-order valence-corrected chi connectivity index (χ1v) is 6.66. The molecule has 5 nitrogen and oxygen atoms in total. The lowest BCUT2D eigenvalue weighted by Crippen LogP contribution is -2.43. The molecule has 0 aromatic carbocycles. The highest BCUT2D eigenvalue weighted by molar-refractivity contribution is 5.80. The molecule has 1 saturated carbocycles. The lowest BCUT2D eigenvalue weighted by Gasteiger charge is -2.21. The van der Waals surface area contributed by atoms with Crippen molar-refractivity contribution in [3.8, 4) is 0 Å². The average molecular weight is 256 g/mol. The second kappa shape index (κ2) is 6.73. The standard InChI is InChI=1S/C13H24N2O3/c1-8(2)5-10(7-14)13(18)15-11(6-12(16)17)9-3-4-9/h8-11H,3-7,14H2,1-2H3,(H,15,18)(H,16,17). The molecule has 2 unspecified atom stereocenters. The smallest absolute Gasteiger partial charge is 0.305 e. The van der Waals surface area contributed by atoms with Gasteiger partial charge in [-0.15, -0.1) is 0 Å². The Kier molecular flexibility index (Phi) is 5.59. The maximum Gasteiger partial charge on any atom is 0.305 e. The summed E-state index contributed by atoms with van der Waals surface area (Å²) in [7, 11) is 0. The van der Waals surface area contributed by atoms with E-state index in [0.717, 1.165) is 19.3 Å². The Labute approximate surface area is 108 Å². The molecular formula is C13H24N2O3. The number of nitrogens with one attached hydrogen (secondary N) is 1. The van der Waals surface area contributed by atoms with E-state index in [4.69, 9.17) is 10.8 Å². The van der Waals surface area contributed by atoms with Crippen LogP contribution in [0.2, 0.25) is 0 Å². The monoisotopic (exact) mass is 256 g/mol. The minimum Gasteiger partial charge on any atom is -0.481 e. The number of carbonyl (C=O) groups excluding carboxylic acids is 1. The fourth-order valence-electron chi connectivity index (χ4n) is 2.20. The van der Waals surface area contributed by atoms with Crippen LogP contribution in [0, 0.1) is 17.8 Å². The van der Waals surface area contributed by atoms with Crippen LogP contribution in [0.5, 0.6) is 0 Å². The molecule has 0 bridgehead atoms. The summed E-state index contributed by atoms with van der Waals surface area (Å²) in [4.78, 5) is 22.8. The summed E-state index contributed by atoms with van der Waals surface area (Å²) in [5.41, 5.74) is 5.61. The highest BCUT2D eigenvalue weighted by atomic mass is 16.4. The first-order valence-electron chi connectivity index (χ1n) is 6.66. The zero-order valence-corrected chi connectivity index (χ0v) is 11.2. The van der Waals surface area contributed by atoms with Crippen molar-refractivity contribution in [1.82, 2.24) is 5.32 Å². The Morgan fingerprint density at radius 2 is 2.00 bits per heavy atom. The maximum absolute atomic E-state index is 12.0. The predicted octanol–water partition coefficient (Wildman–Crippen LogP) is 0.977. The van der Waals surface area contributed by atoms with Crippen LogP contribution in [-0.4, -0.2) is 29.6 Å². The summed E-state index contributed by atoms with van der Waals surface area (Å²) in [5.74, 6) is -0.421. The molecule has 1 aliphatic carbocycles. The second-order valence-corrected chi connectivity index (χ2v) is 5.61. The molecular weight excluding hydrogens is 232 g/mol. The molecule has 0 saturated heterocycles. The fourth-order valence-corrected chi connectivity index (χ4v) is 2.20. The van der Waals surface area contributed by atoms with Crippen LogP contribution in [-0.2, 0) is 9.59 Å². The van der Waals surface area contributed by atoms with E-state index in [1.54, 1.807) is 0 Å². The van der Waals surface area contributed by atoms with Crippen molar-refractivity contribution in [2.75, 3.05) is 6.54 Å². The molecule has 0 aliphatic heterocycles. The molecule has 5 heteroatoms. The van der Waals surface area contributed by atoms with E-state index in [9.17, 15) is 9.59 Å². The molecule has 0 heterocycles. The van der Waals surface area contributed by atoms with E-state index >= 15 is 0 Å². The molecule has 1 fully saturated rings. The minimum atomic E-state index is -0.861. The third kappa shape index (κ3) is 5.04. The van der Waals surface area contributed by atoms with Gasteiger partial charge in [0.15, 0.2) is 0 Å². The summed E-state index contributed by atoms with van der Waals surface area (Å²) in [5, 5.41) is 11.7. The molecule has 1 rings (SSSR count). The number of carboxylic acid groups (broad SMARTS) is 1. The molecule has 1 amide bonds. The average Bonchev–Trinajstić information content (AvgIpc) is 3.07. The number of rotatable bonds is 8. The van der Waals surface area contributed by atoms with Gasteiger partial charge in [-0.25, -0.2) is 0 Å². The Hall–Kier alpha value is -1.10. The van der Waals surface area contributed by atoms with Gasteiger partial charge in [0.2, 0.25) is 5.91 Å². The van der Waals surface area contributed by atoms with Crippen LogP contribution in [0.3, 0.4) is 0 Å². The van der Waals surface area contributed by atoms with Crippen molar-refractivity contribution in [2.24, 2.45) is 23.5 Å². The van der Waals surface area contributed by atoms with E-state index in [-0.39, 0.29) is 24.3 Å². The van der Waals surface area contributed by atoms with Crippen LogP contribution in [0.25, 0.3) is 0 Å². The second-order valence-electron chi connectivity index (χ2n) is 5.61. The van der Waals surface area contributed by atoms with Crippen LogP contribution in [0.1, 0.15) is 39.5 Å².